The SMILES string of the molecule is COc1cc2c(cc1Nc1ncnc3[nH]c(C(=O)N(C)C)c(Br)c13)C=NC2.COc1cc2c(cc1Nc1ncnc3[nH]c(C(=O)O)c(Br)c13)C=NC2. The van der Waals surface area contributed by atoms with Gasteiger partial charge in [0.25, 0.3) is 5.91 Å². The molecule has 4 aromatic heterocycles. The van der Waals surface area contributed by atoms with Crippen LogP contribution in [-0.2, 0) is 13.1 Å². The highest BCUT2D eigenvalue weighted by molar-refractivity contribution is 9.11. The van der Waals surface area contributed by atoms with Crippen molar-refractivity contribution in [2.24, 2.45) is 9.98 Å². The van der Waals surface area contributed by atoms with E-state index in [1.807, 2.05) is 36.7 Å². The summed E-state index contributed by atoms with van der Waals surface area (Å²) in [5, 5.41) is 17.0. The van der Waals surface area contributed by atoms with E-state index in [4.69, 9.17) is 9.47 Å². The molecule has 5 N–H and O–H groups in total. The molecule has 0 unspecified atom stereocenters. The van der Waals surface area contributed by atoms with Crippen LogP contribution >= 0.6 is 31.9 Å². The number of fused-ring (bicyclic) bond motifs is 4. The third-order valence-corrected chi connectivity index (χ3v) is 9.89. The minimum atomic E-state index is -1.08. The number of aromatic amines is 2. The summed E-state index contributed by atoms with van der Waals surface area (Å²) in [6.45, 7) is 1.29. The smallest absolute Gasteiger partial charge is 0.353 e. The molecule has 2 aliphatic heterocycles. The molecule has 0 fully saturated rings. The number of carbonyl (C=O) groups excluding carboxylic acids is 1. The fourth-order valence-electron chi connectivity index (χ4n) is 5.75. The first-order valence-corrected chi connectivity index (χ1v) is 17.1. The summed E-state index contributed by atoms with van der Waals surface area (Å²) in [6, 6.07) is 7.80. The molecule has 0 spiro atoms. The summed E-state index contributed by atoms with van der Waals surface area (Å²) >= 11 is 6.84. The third kappa shape index (κ3) is 6.30. The minimum Gasteiger partial charge on any atom is -0.495 e. The van der Waals surface area contributed by atoms with Gasteiger partial charge >= 0.3 is 5.97 Å². The number of aromatic nitrogens is 6. The highest BCUT2D eigenvalue weighted by atomic mass is 79.9. The van der Waals surface area contributed by atoms with Crippen LogP contribution in [0.3, 0.4) is 0 Å². The van der Waals surface area contributed by atoms with E-state index in [1.165, 1.54) is 17.6 Å². The Kier molecular flexibility index (Phi) is 9.33. The van der Waals surface area contributed by atoms with Crippen LogP contribution in [0.25, 0.3) is 22.1 Å². The summed E-state index contributed by atoms with van der Waals surface area (Å²) in [7, 11) is 6.61. The van der Waals surface area contributed by atoms with Gasteiger partial charge in [0.1, 0.15) is 58.5 Å². The number of benzene rings is 2. The van der Waals surface area contributed by atoms with Crippen molar-refractivity contribution in [3.63, 3.8) is 0 Å². The molecular weight excluding hydrogens is 802 g/mol. The van der Waals surface area contributed by atoms with Crippen LogP contribution in [0.4, 0.5) is 23.0 Å². The molecule has 52 heavy (non-hydrogen) atoms. The number of rotatable bonds is 8. The third-order valence-electron chi connectivity index (χ3n) is 8.31. The van der Waals surface area contributed by atoms with E-state index < -0.39 is 5.97 Å². The molecule has 0 bridgehead atoms. The minimum absolute atomic E-state index is 0.0200. The monoisotopic (exact) mass is 829 g/mol. The van der Waals surface area contributed by atoms with Crippen LogP contribution in [0, 0.1) is 0 Å². The second-order valence-electron chi connectivity index (χ2n) is 11.7. The van der Waals surface area contributed by atoms with E-state index in [0.29, 0.717) is 78.6 Å². The zero-order valence-electron chi connectivity index (χ0n) is 28.0. The fourth-order valence-corrected chi connectivity index (χ4v) is 7.03. The molecule has 6 heterocycles. The van der Waals surface area contributed by atoms with Gasteiger partial charge in [0.05, 0.1) is 58.4 Å². The molecule has 2 aliphatic rings. The number of hydrogen-bond donors (Lipinski definition) is 5. The molecule has 0 saturated carbocycles. The number of ether oxygens (including phenoxy) is 2. The van der Waals surface area contributed by atoms with Gasteiger partial charge in [-0.05, 0) is 78.4 Å². The number of aromatic carboxylic acids is 1. The zero-order chi connectivity index (χ0) is 36.7. The molecule has 8 rings (SSSR count). The number of hydrogen-bond acceptors (Lipinski definition) is 12. The van der Waals surface area contributed by atoms with Gasteiger partial charge in [0.2, 0.25) is 0 Å². The molecule has 18 heteroatoms. The van der Waals surface area contributed by atoms with Gasteiger partial charge in [0.15, 0.2) is 0 Å². The Morgan fingerprint density at radius 1 is 0.750 bits per heavy atom. The van der Waals surface area contributed by atoms with E-state index in [0.717, 1.165) is 27.9 Å². The number of carbonyl (C=O) groups is 2. The Bertz CT molecular complexity index is 2470. The van der Waals surface area contributed by atoms with Crippen molar-refractivity contribution in [1.29, 1.82) is 0 Å². The molecule has 2 aromatic carbocycles. The first-order valence-electron chi connectivity index (χ1n) is 15.5. The quantitative estimate of drug-likeness (QED) is 0.117. The van der Waals surface area contributed by atoms with E-state index >= 15 is 0 Å². The molecule has 1 amide bonds. The first kappa shape index (κ1) is 34.6. The van der Waals surface area contributed by atoms with Gasteiger partial charge < -0.3 is 40.1 Å². The standard InChI is InChI=1S/C18H17BrN6O2.C16H12BrN5O3/c1-25(2)18(26)15-14(19)13-16(21-8-22-17(13)24-15)23-11-4-9-6-20-7-10(9)5-12(11)27-3;1-25-10-3-8-5-18-4-7(8)2-9(10)21-14-11-12(17)13(16(23)24)22-15(11)20-6-19-14/h4-6,8H,7H2,1-3H3,(H2,21,22,23,24);2-4,6H,5H2,1H3,(H,23,24)(H2,19,20,21,22). The van der Waals surface area contributed by atoms with Gasteiger partial charge in [-0.1, -0.05) is 0 Å². The topological polar surface area (TPSA) is 208 Å². The summed E-state index contributed by atoms with van der Waals surface area (Å²) < 4.78 is 12.0. The highest BCUT2D eigenvalue weighted by Gasteiger charge is 2.23. The molecular formula is C34H29Br2N11O5. The number of carboxylic acid groups (broad SMARTS) is 1. The van der Waals surface area contributed by atoms with Crippen LogP contribution in [0.15, 0.2) is 55.9 Å². The van der Waals surface area contributed by atoms with Gasteiger partial charge in [-0.25, -0.2) is 24.7 Å². The summed E-state index contributed by atoms with van der Waals surface area (Å²) in [5.74, 6) is 1.14. The van der Waals surface area contributed by atoms with Crippen LogP contribution < -0.4 is 20.1 Å². The Balaban J connectivity index is 0.000000162. The Morgan fingerprint density at radius 2 is 1.21 bits per heavy atom. The van der Waals surface area contributed by atoms with E-state index in [9.17, 15) is 14.7 Å². The van der Waals surface area contributed by atoms with Crippen LogP contribution in [0.2, 0.25) is 0 Å². The Hall–Kier alpha value is -5.88. The second kappa shape index (κ2) is 14.0. The molecule has 0 saturated heterocycles. The largest absolute Gasteiger partial charge is 0.495 e. The van der Waals surface area contributed by atoms with Gasteiger partial charge in [-0.3, -0.25) is 14.8 Å². The number of methoxy groups -OCH3 is 2. The van der Waals surface area contributed by atoms with Crippen molar-refractivity contribution in [2.45, 2.75) is 13.1 Å². The van der Waals surface area contributed by atoms with E-state index in [1.54, 1.807) is 28.3 Å². The van der Waals surface area contributed by atoms with Crippen molar-refractivity contribution in [3.05, 3.63) is 79.5 Å². The molecule has 6 aromatic rings. The number of nitrogens with one attached hydrogen (secondary N) is 4. The van der Waals surface area contributed by atoms with Crippen molar-refractivity contribution in [2.75, 3.05) is 38.9 Å². The number of carboxylic acids is 1. The average Bonchev–Trinajstić information content (AvgIpc) is 3.93. The second-order valence-corrected chi connectivity index (χ2v) is 13.3. The molecule has 0 atom stereocenters. The van der Waals surface area contributed by atoms with Crippen molar-refractivity contribution >= 4 is 101 Å². The maximum Gasteiger partial charge on any atom is 0.353 e. The van der Waals surface area contributed by atoms with Crippen LogP contribution in [-0.4, -0.2) is 92.5 Å². The number of amides is 1. The Labute approximate surface area is 312 Å². The fraction of sp³-hybridized carbons (Fsp3) is 0.176. The highest BCUT2D eigenvalue weighted by Crippen LogP contribution is 2.38. The predicted molar refractivity (Wildman–Crippen MR) is 203 cm³/mol. The van der Waals surface area contributed by atoms with Gasteiger partial charge in [-0.2, -0.15) is 0 Å². The molecule has 0 aliphatic carbocycles. The van der Waals surface area contributed by atoms with E-state index in [-0.39, 0.29) is 11.6 Å². The van der Waals surface area contributed by atoms with Crippen LogP contribution in [0.5, 0.6) is 11.5 Å². The average molecular weight is 831 g/mol. The lowest BCUT2D eigenvalue weighted by atomic mass is 10.1. The molecule has 264 valence electrons. The molecule has 16 nitrogen and oxygen atoms in total. The van der Waals surface area contributed by atoms with Gasteiger partial charge in [0, 0.05) is 26.5 Å². The zero-order valence-corrected chi connectivity index (χ0v) is 31.2. The maximum absolute atomic E-state index is 12.4. The summed E-state index contributed by atoms with van der Waals surface area (Å²) in [5.41, 5.74) is 7.15. The normalized spacial score (nSPS) is 12.3. The van der Waals surface area contributed by atoms with Crippen molar-refractivity contribution in [1.82, 2.24) is 34.8 Å². The molecule has 0 radical (unpaired) electrons. The Morgan fingerprint density at radius 3 is 1.65 bits per heavy atom. The number of halogens is 2. The lowest BCUT2D eigenvalue weighted by Crippen LogP contribution is -2.22. The summed E-state index contributed by atoms with van der Waals surface area (Å²) in [4.78, 5) is 56.5. The maximum atomic E-state index is 12.4. The lowest BCUT2D eigenvalue weighted by molar-refractivity contribution is 0.0690. The predicted octanol–water partition coefficient (Wildman–Crippen LogP) is 6.21. The van der Waals surface area contributed by atoms with Gasteiger partial charge in [-0.15, -0.1) is 0 Å². The number of H-pyrrole nitrogens is 2. The first-order chi connectivity index (χ1) is 25.1. The lowest BCUT2D eigenvalue weighted by Gasteiger charge is -2.13. The van der Waals surface area contributed by atoms with Crippen LogP contribution in [0.1, 0.15) is 43.2 Å². The number of anilines is 4. The number of aliphatic imine (C=N–C) groups is 2. The van der Waals surface area contributed by atoms with Crippen molar-refractivity contribution < 1.29 is 24.2 Å². The van der Waals surface area contributed by atoms with Crippen molar-refractivity contribution in [3.8, 4) is 11.5 Å². The number of nitrogens with zero attached hydrogens (tertiary/aromatic N) is 7. The summed E-state index contributed by atoms with van der Waals surface area (Å²) in [6.07, 6.45) is 6.46. The van der Waals surface area contributed by atoms with E-state index in [2.05, 4.69) is 82.4 Å².